The second kappa shape index (κ2) is 15.8. The molecule has 0 aliphatic rings. The number of carboxylic acid groups (broad SMARTS) is 2. The van der Waals surface area contributed by atoms with Crippen LogP contribution in [0.1, 0.15) is 6.42 Å². The van der Waals surface area contributed by atoms with Gasteiger partial charge in [0.2, 0.25) is 5.91 Å². The molecule has 10 N–H and O–H groups in total. The van der Waals surface area contributed by atoms with Crippen LogP contribution in [-0.2, 0) is 14.4 Å². The van der Waals surface area contributed by atoms with Gasteiger partial charge in [-0.25, -0.2) is 0 Å². The zero-order chi connectivity index (χ0) is 24.0. The number of carbonyl (C=O) groups excluding carboxylic acids is 1. The van der Waals surface area contributed by atoms with Gasteiger partial charge in [-0.15, -0.1) is 0 Å². The fraction of sp³-hybridized carbons (Fsp3) is 0.824. The summed E-state index contributed by atoms with van der Waals surface area (Å²) < 4.78 is 0. The van der Waals surface area contributed by atoms with Gasteiger partial charge in [0, 0.05) is 39.6 Å². The summed E-state index contributed by atoms with van der Waals surface area (Å²) in [5.41, 5.74) is 0. The minimum absolute atomic E-state index is 0.0825. The minimum atomic E-state index is -1.86. The predicted octanol–water partition coefficient (Wildman–Crippen LogP) is -5.42. The third kappa shape index (κ3) is 12.5. The Bertz CT molecular complexity index is 553. The van der Waals surface area contributed by atoms with Crippen LogP contribution in [0.25, 0.3) is 0 Å². The Kier molecular flexibility index (Phi) is 14.9. The van der Waals surface area contributed by atoms with Crippen molar-refractivity contribution in [3.63, 3.8) is 0 Å². The van der Waals surface area contributed by atoms with Crippen molar-refractivity contribution in [2.75, 3.05) is 52.9 Å². The van der Waals surface area contributed by atoms with E-state index in [9.17, 15) is 39.9 Å². The van der Waals surface area contributed by atoms with Crippen molar-refractivity contribution < 1.29 is 50.1 Å². The van der Waals surface area contributed by atoms with Crippen molar-refractivity contribution in [3.8, 4) is 0 Å². The molecule has 14 heteroatoms. The van der Waals surface area contributed by atoms with Crippen LogP contribution in [0.3, 0.4) is 0 Å². The summed E-state index contributed by atoms with van der Waals surface area (Å²) in [6, 6.07) is -1.26. The molecule has 0 saturated heterocycles. The van der Waals surface area contributed by atoms with Gasteiger partial charge in [-0.3, -0.25) is 19.3 Å². The molecule has 0 aromatic rings. The molecule has 5 unspecified atom stereocenters. The summed E-state index contributed by atoms with van der Waals surface area (Å²) in [7, 11) is 1.44. The summed E-state index contributed by atoms with van der Waals surface area (Å²) in [6.07, 6.45) is -7.53. The van der Waals surface area contributed by atoms with Gasteiger partial charge in [0.25, 0.3) is 0 Å². The average Bonchev–Trinajstić information content (AvgIpc) is 2.72. The monoisotopic (exact) mass is 454 g/mol. The molecular weight excluding hydrogens is 420 g/mol. The quantitative estimate of drug-likeness (QED) is 0.0872. The van der Waals surface area contributed by atoms with Crippen molar-refractivity contribution >= 4 is 17.8 Å². The van der Waals surface area contributed by atoms with Crippen LogP contribution < -0.4 is 16.0 Å². The fourth-order valence-electron chi connectivity index (χ4n) is 2.60. The van der Waals surface area contributed by atoms with Crippen LogP contribution in [0.4, 0.5) is 0 Å². The molecule has 0 spiro atoms. The lowest BCUT2D eigenvalue weighted by Gasteiger charge is -2.27. The van der Waals surface area contributed by atoms with E-state index in [2.05, 4.69) is 16.0 Å². The van der Waals surface area contributed by atoms with Crippen molar-refractivity contribution in [3.05, 3.63) is 0 Å². The standard InChI is InChI=1S/C17H34N4O10/c1-18-13(25)7-21(8-14(26)27)5-4-19-2-3-20-10(17(30)31)6-11(23)15(28)16(29)12(24)9-22/h10-12,15-16,19-20,22-24,28-29H,2-9H2,1H3,(H,18,25)(H,26,27)(H,30,31). The summed E-state index contributed by atoms with van der Waals surface area (Å²) in [6.45, 7) is -0.212. The molecule has 5 atom stereocenters. The Labute approximate surface area is 179 Å². The van der Waals surface area contributed by atoms with Crippen molar-refractivity contribution in [1.29, 1.82) is 0 Å². The van der Waals surface area contributed by atoms with E-state index in [1.165, 1.54) is 11.9 Å². The number of nitrogens with one attached hydrogen (secondary N) is 3. The van der Waals surface area contributed by atoms with E-state index in [0.717, 1.165) is 0 Å². The van der Waals surface area contributed by atoms with Gasteiger partial charge in [0.15, 0.2) is 0 Å². The SMILES string of the molecule is CNC(=O)CN(CCNCCNC(CC(O)C(O)C(O)C(O)CO)C(=O)O)CC(=O)O. The van der Waals surface area contributed by atoms with Crippen molar-refractivity contribution in [2.24, 2.45) is 0 Å². The maximum Gasteiger partial charge on any atom is 0.320 e. The van der Waals surface area contributed by atoms with Gasteiger partial charge >= 0.3 is 11.9 Å². The molecule has 0 saturated carbocycles. The number of carboxylic acids is 2. The highest BCUT2D eigenvalue weighted by molar-refractivity contribution is 5.78. The van der Waals surface area contributed by atoms with Crippen molar-refractivity contribution in [1.82, 2.24) is 20.9 Å². The predicted molar refractivity (Wildman–Crippen MR) is 106 cm³/mol. The van der Waals surface area contributed by atoms with Crippen molar-refractivity contribution in [2.45, 2.75) is 36.9 Å². The van der Waals surface area contributed by atoms with Crippen LogP contribution in [0.5, 0.6) is 0 Å². The minimum Gasteiger partial charge on any atom is -0.480 e. The molecule has 0 bridgehead atoms. The summed E-state index contributed by atoms with van der Waals surface area (Å²) in [5, 5.41) is 73.4. The molecule has 0 radical (unpaired) electrons. The van der Waals surface area contributed by atoms with E-state index in [4.69, 9.17) is 10.2 Å². The first-order valence-corrected chi connectivity index (χ1v) is 9.68. The summed E-state index contributed by atoms with van der Waals surface area (Å²) in [4.78, 5) is 35.0. The molecule has 0 heterocycles. The van der Waals surface area contributed by atoms with Gasteiger partial charge in [0.05, 0.1) is 25.8 Å². The number of hydrogen-bond donors (Lipinski definition) is 10. The zero-order valence-corrected chi connectivity index (χ0v) is 17.3. The Morgan fingerprint density at radius 2 is 1.52 bits per heavy atom. The third-order valence-electron chi connectivity index (χ3n) is 4.40. The van der Waals surface area contributed by atoms with Crippen LogP contribution in [-0.4, -0.2) is 142 Å². The van der Waals surface area contributed by atoms with Gasteiger partial charge in [-0.1, -0.05) is 0 Å². The Hall–Kier alpha value is -1.91. The molecule has 0 aromatic carbocycles. The lowest BCUT2D eigenvalue weighted by atomic mass is 9.98. The first kappa shape index (κ1) is 29.1. The largest absolute Gasteiger partial charge is 0.480 e. The van der Waals surface area contributed by atoms with Crippen LogP contribution >= 0.6 is 0 Å². The molecule has 1 amide bonds. The number of aliphatic hydroxyl groups excluding tert-OH is 5. The van der Waals surface area contributed by atoms with Gasteiger partial charge < -0.3 is 51.7 Å². The third-order valence-corrected chi connectivity index (χ3v) is 4.40. The molecule has 0 aromatic heterocycles. The maximum atomic E-state index is 11.4. The second-order valence-corrected chi connectivity index (χ2v) is 6.91. The smallest absolute Gasteiger partial charge is 0.320 e. The topological polar surface area (TPSA) is 232 Å². The highest BCUT2D eigenvalue weighted by Crippen LogP contribution is 2.10. The van der Waals surface area contributed by atoms with Crippen LogP contribution in [0.15, 0.2) is 0 Å². The van der Waals surface area contributed by atoms with E-state index >= 15 is 0 Å². The second-order valence-electron chi connectivity index (χ2n) is 6.91. The van der Waals surface area contributed by atoms with Crippen LogP contribution in [0.2, 0.25) is 0 Å². The highest BCUT2D eigenvalue weighted by atomic mass is 16.4. The number of rotatable bonds is 18. The van der Waals surface area contributed by atoms with E-state index in [1.54, 1.807) is 0 Å². The first-order chi connectivity index (χ1) is 14.5. The molecule has 0 aliphatic heterocycles. The highest BCUT2D eigenvalue weighted by Gasteiger charge is 2.33. The summed E-state index contributed by atoms with van der Waals surface area (Å²) in [5.74, 6) is -2.71. The molecule has 14 nitrogen and oxygen atoms in total. The average molecular weight is 454 g/mol. The van der Waals surface area contributed by atoms with E-state index in [0.29, 0.717) is 6.54 Å². The van der Waals surface area contributed by atoms with Crippen LogP contribution in [0, 0.1) is 0 Å². The lowest BCUT2D eigenvalue weighted by molar-refractivity contribution is -0.143. The lowest BCUT2D eigenvalue weighted by Crippen LogP contribution is -2.50. The number of carbonyl (C=O) groups is 3. The molecule has 0 fully saturated rings. The first-order valence-electron chi connectivity index (χ1n) is 9.68. The summed E-state index contributed by atoms with van der Waals surface area (Å²) >= 11 is 0. The Balaban J connectivity index is 4.38. The number of nitrogens with zero attached hydrogens (tertiary/aromatic N) is 1. The number of amides is 1. The normalized spacial score (nSPS) is 16.4. The molecule has 31 heavy (non-hydrogen) atoms. The number of aliphatic carboxylic acids is 2. The number of aliphatic hydroxyl groups is 5. The molecule has 182 valence electrons. The fourth-order valence-corrected chi connectivity index (χ4v) is 2.60. The molecule has 0 aliphatic carbocycles. The Morgan fingerprint density at radius 3 is 2.03 bits per heavy atom. The van der Waals surface area contributed by atoms with E-state index < -0.39 is 55.4 Å². The number of hydrogen-bond acceptors (Lipinski definition) is 11. The molecule has 0 rings (SSSR count). The van der Waals surface area contributed by atoms with E-state index in [1.807, 2.05) is 0 Å². The molecular formula is C17H34N4O10. The van der Waals surface area contributed by atoms with Gasteiger partial charge in [0.1, 0.15) is 24.4 Å². The zero-order valence-electron chi connectivity index (χ0n) is 17.3. The van der Waals surface area contributed by atoms with Gasteiger partial charge in [-0.05, 0) is 0 Å². The van der Waals surface area contributed by atoms with E-state index in [-0.39, 0.29) is 38.6 Å². The van der Waals surface area contributed by atoms with Gasteiger partial charge in [-0.2, -0.15) is 0 Å². The maximum absolute atomic E-state index is 11.4. The Morgan fingerprint density at radius 1 is 0.903 bits per heavy atom. The number of likely N-dealkylation sites (N-methyl/N-ethyl adjacent to an activating group) is 1.